The predicted octanol–water partition coefficient (Wildman–Crippen LogP) is 4.54. The first kappa shape index (κ1) is 20.9. The number of amides is 1. The van der Waals surface area contributed by atoms with Gasteiger partial charge >= 0.3 is 0 Å². The van der Waals surface area contributed by atoms with E-state index in [1.807, 2.05) is 31.2 Å². The fraction of sp³-hybridized carbons (Fsp3) is 0.591. The van der Waals surface area contributed by atoms with Gasteiger partial charge in [0.05, 0.1) is 16.2 Å². The molecule has 6 heteroatoms. The second kappa shape index (κ2) is 9.12. The summed E-state index contributed by atoms with van der Waals surface area (Å²) >= 11 is 1.38. The van der Waals surface area contributed by atoms with Gasteiger partial charge in [0.1, 0.15) is 0 Å². The van der Waals surface area contributed by atoms with Crippen LogP contribution in [-0.2, 0) is 4.79 Å². The van der Waals surface area contributed by atoms with Crippen molar-refractivity contribution < 1.29 is 4.79 Å². The van der Waals surface area contributed by atoms with E-state index in [0.29, 0.717) is 28.0 Å². The Labute approximate surface area is 171 Å². The van der Waals surface area contributed by atoms with Crippen LogP contribution in [0.1, 0.15) is 65.8 Å². The SMILES string of the molecule is CC(C)CCC[C@@H](C)n1c(S[C@H](C)C(=O)NC2CC2)nc2ccccc2c1=O. The first-order valence-electron chi connectivity index (χ1n) is 10.3. The fourth-order valence-electron chi connectivity index (χ4n) is 3.31. The average molecular weight is 402 g/mol. The molecule has 1 saturated carbocycles. The Balaban J connectivity index is 1.89. The van der Waals surface area contributed by atoms with Crippen molar-refractivity contribution in [3.05, 3.63) is 34.6 Å². The first-order chi connectivity index (χ1) is 13.4. The highest BCUT2D eigenvalue weighted by Gasteiger charge is 2.27. The van der Waals surface area contributed by atoms with Crippen molar-refractivity contribution in [1.82, 2.24) is 14.9 Å². The second-order valence-corrected chi connectivity index (χ2v) is 9.61. The minimum atomic E-state index is -0.289. The van der Waals surface area contributed by atoms with Crippen molar-refractivity contribution in [3.8, 4) is 0 Å². The molecular formula is C22H31N3O2S. The number of rotatable bonds is 9. The Bertz CT molecular complexity index is 889. The summed E-state index contributed by atoms with van der Waals surface area (Å²) in [5, 5.41) is 4.03. The summed E-state index contributed by atoms with van der Waals surface area (Å²) in [6.45, 7) is 8.40. The Kier molecular flexibility index (Phi) is 6.81. The first-order valence-corrected chi connectivity index (χ1v) is 11.2. The molecule has 2 aromatic rings. The lowest BCUT2D eigenvalue weighted by atomic mass is 10.0. The van der Waals surface area contributed by atoms with Crippen LogP contribution in [0.4, 0.5) is 0 Å². The molecule has 1 amide bonds. The van der Waals surface area contributed by atoms with Gasteiger partial charge in [0.25, 0.3) is 5.56 Å². The zero-order valence-electron chi connectivity index (χ0n) is 17.3. The quantitative estimate of drug-likeness (QED) is 0.495. The van der Waals surface area contributed by atoms with Gasteiger partial charge in [-0.2, -0.15) is 0 Å². The van der Waals surface area contributed by atoms with Gasteiger partial charge in [0, 0.05) is 12.1 Å². The van der Waals surface area contributed by atoms with Gasteiger partial charge in [0.2, 0.25) is 5.91 Å². The molecule has 0 spiro atoms. The number of benzene rings is 1. The maximum Gasteiger partial charge on any atom is 0.262 e. The number of carbonyl (C=O) groups excluding carboxylic acids is 1. The van der Waals surface area contributed by atoms with E-state index in [0.717, 1.165) is 32.1 Å². The number of nitrogens with zero attached hydrogens (tertiary/aromatic N) is 2. The molecular weight excluding hydrogens is 370 g/mol. The number of hydrogen-bond acceptors (Lipinski definition) is 4. The smallest absolute Gasteiger partial charge is 0.262 e. The van der Waals surface area contributed by atoms with Crippen molar-refractivity contribution >= 4 is 28.6 Å². The number of thioether (sulfide) groups is 1. The molecule has 1 aromatic heterocycles. The molecule has 5 nitrogen and oxygen atoms in total. The third kappa shape index (κ3) is 5.16. The van der Waals surface area contributed by atoms with Gasteiger partial charge in [0.15, 0.2) is 5.16 Å². The molecule has 1 fully saturated rings. The Hall–Kier alpha value is -1.82. The number of aromatic nitrogens is 2. The molecule has 0 radical (unpaired) electrons. The Morgan fingerprint density at radius 1 is 1.21 bits per heavy atom. The van der Waals surface area contributed by atoms with Crippen molar-refractivity contribution in [1.29, 1.82) is 0 Å². The van der Waals surface area contributed by atoms with Gasteiger partial charge in [-0.05, 0) is 51.2 Å². The van der Waals surface area contributed by atoms with E-state index in [-0.39, 0.29) is 22.8 Å². The summed E-state index contributed by atoms with van der Waals surface area (Å²) in [7, 11) is 0. The summed E-state index contributed by atoms with van der Waals surface area (Å²) in [6, 6.07) is 7.84. The Morgan fingerprint density at radius 2 is 1.93 bits per heavy atom. The largest absolute Gasteiger partial charge is 0.352 e. The highest BCUT2D eigenvalue weighted by atomic mass is 32.2. The standard InChI is InChI=1S/C22H31N3O2S/c1-14(2)8-7-9-15(3)25-21(27)18-10-5-6-11-19(18)24-22(25)28-16(4)20(26)23-17-12-13-17/h5-6,10-11,14-17H,7-9,12-13H2,1-4H3,(H,23,26)/t15-,16-/m1/s1. The summed E-state index contributed by atoms with van der Waals surface area (Å²) in [5.41, 5.74) is 0.676. The van der Waals surface area contributed by atoms with Gasteiger partial charge in [-0.1, -0.05) is 50.6 Å². The van der Waals surface area contributed by atoms with E-state index in [9.17, 15) is 9.59 Å². The van der Waals surface area contributed by atoms with Crippen LogP contribution in [0.3, 0.4) is 0 Å². The highest BCUT2D eigenvalue weighted by molar-refractivity contribution is 8.00. The normalized spacial score (nSPS) is 16.3. The van der Waals surface area contributed by atoms with Crippen molar-refractivity contribution in [2.24, 2.45) is 5.92 Å². The van der Waals surface area contributed by atoms with Crippen LogP contribution < -0.4 is 10.9 Å². The van der Waals surface area contributed by atoms with E-state index in [2.05, 4.69) is 26.1 Å². The summed E-state index contributed by atoms with van der Waals surface area (Å²) < 4.78 is 1.80. The average Bonchev–Trinajstić information content (AvgIpc) is 3.45. The van der Waals surface area contributed by atoms with Crippen LogP contribution >= 0.6 is 11.8 Å². The molecule has 152 valence electrons. The van der Waals surface area contributed by atoms with E-state index in [1.165, 1.54) is 11.8 Å². The van der Waals surface area contributed by atoms with Gasteiger partial charge in [-0.15, -0.1) is 0 Å². The number of hydrogen-bond donors (Lipinski definition) is 1. The summed E-state index contributed by atoms with van der Waals surface area (Å²) in [6.07, 6.45) is 5.26. The lowest BCUT2D eigenvalue weighted by Gasteiger charge is -2.21. The molecule has 1 aliphatic carbocycles. The van der Waals surface area contributed by atoms with Crippen LogP contribution in [0.25, 0.3) is 10.9 Å². The maximum absolute atomic E-state index is 13.2. The molecule has 1 aliphatic rings. The van der Waals surface area contributed by atoms with Crippen LogP contribution in [0.5, 0.6) is 0 Å². The molecule has 1 aromatic carbocycles. The summed E-state index contributed by atoms with van der Waals surface area (Å²) in [4.78, 5) is 30.4. The summed E-state index contributed by atoms with van der Waals surface area (Å²) in [5.74, 6) is 0.674. The topological polar surface area (TPSA) is 64.0 Å². The molecule has 1 N–H and O–H groups in total. The number of para-hydroxylation sites is 1. The molecule has 1 heterocycles. The molecule has 3 rings (SSSR count). The van der Waals surface area contributed by atoms with Crippen molar-refractivity contribution in [2.75, 3.05) is 0 Å². The van der Waals surface area contributed by atoms with E-state index in [1.54, 1.807) is 4.57 Å². The minimum absolute atomic E-state index is 0.0139. The van der Waals surface area contributed by atoms with Crippen LogP contribution in [0.2, 0.25) is 0 Å². The zero-order chi connectivity index (χ0) is 20.3. The predicted molar refractivity (Wildman–Crippen MR) is 116 cm³/mol. The highest BCUT2D eigenvalue weighted by Crippen LogP contribution is 2.28. The van der Waals surface area contributed by atoms with Crippen LogP contribution in [-0.4, -0.2) is 26.8 Å². The van der Waals surface area contributed by atoms with Gasteiger partial charge in [-0.3, -0.25) is 14.2 Å². The molecule has 0 saturated heterocycles. The van der Waals surface area contributed by atoms with E-state index >= 15 is 0 Å². The van der Waals surface area contributed by atoms with Gasteiger partial charge < -0.3 is 5.32 Å². The lowest BCUT2D eigenvalue weighted by Crippen LogP contribution is -2.33. The van der Waals surface area contributed by atoms with E-state index < -0.39 is 0 Å². The molecule has 2 atom stereocenters. The minimum Gasteiger partial charge on any atom is -0.352 e. The Morgan fingerprint density at radius 3 is 2.61 bits per heavy atom. The monoisotopic (exact) mass is 401 g/mol. The van der Waals surface area contributed by atoms with E-state index in [4.69, 9.17) is 4.98 Å². The van der Waals surface area contributed by atoms with Crippen LogP contribution in [0, 0.1) is 5.92 Å². The molecule has 28 heavy (non-hydrogen) atoms. The molecule has 0 aliphatic heterocycles. The molecule has 0 unspecified atom stereocenters. The van der Waals surface area contributed by atoms with Gasteiger partial charge in [-0.25, -0.2) is 4.98 Å². The zero-order valence-corrected chi connectivity index (χ0v) is 18.1. The van der Waals surface area contributed by atoms with Crippen molar-refractivity contribution in [3.63, 3.8) is 0 Å². The number of fused-ring (bicyclic) bond motifs is 1. The number of carbonyl (C=O) groups is 1. The van der Waals surface area contributed by atoms with Crippen LogP contribution in [0.15, 0.2) is 34.2 Å². The number of nitrogens with one attached hydrogen (secondary N) is 1. The maximum atomic E-state index is 13.2. The lowest BCUT2D eigenvalue weighted by molar-refractivity contribution is -0.120. The third-order valence-electron chi connectivity index (χ3n) is 5.19. The van der Waals surface area contributed by atoms with Crippen molar-refractivity contribution in [2.45, 2.75) is 82.3 Å². The molecule has 0 bridgehead atoms. The second-order valence-electron chi connectivity index (χ2n) is 8.30. The third-order valence-corrected chi connectivity index (χ3v) is 6.26. The fourth-order valence-corrected chi connectivity index (χ4v) is 4.32.